The van der Waals surface area contributed by atoms with Crippen LogP contribution >= 0.6 is 0 Å². The molecule has 1 saturated heterocycles. The number of nitrogens with two attached hydrogens (primary N) is 1. The molecule has 0 amide bonds. The Kier molecular flexibility index (Phi) is 2.05. The second-order valence-electron chi connectivity index (χ2n) is 2.61. The second-order valence-corrected chi connectivity index (χ2v) is 2.61. The highest BCUT2D eigenvalue weighted by atomic mass is 16.5. The van der Waals surface area contributed by atoms with E-state index in [0.717, 1.165) is 0 Å². The van der Waals surface area contributed by atoms with Crippen LogP contribution < -0.4 is 5.73 Å². The van der Waals surface area contributed by atoms with E-state index in [9.17, 15) is 0 Å². The van der Waals surface area contributed by atoms with Crippen LogP contribution in [0, 0.1) is 0 Å². The van der Waals surface area contributed by atoms with Gasteiger partial charge in [0, 0.05) is 6.42 Å². The molecule has 1 aliphatic rings. The normalized spacial score (nSPS) is 45.0. The quantitative estimate of drug-likeness (QED) is 0.465. The highest BCUT2D eigenvalue weighted by Gasteiger charge is 2.23. The maximum atomic E-state index is 9.14. The lowest BCUT2D eigenvalue weighted by Gasteiger charge is -2.28. The van der Waals surface area contributed by atoms with Crippen LogP contribution in [0.15, 0.2) is 0 Å². The molecule has 3 heteroatoms. The fourth-order valence-electron chi connectivity index (χ4n) is 0.969. The van der Waals surface area contributed by atoms with Gasteiger partial charge in [-0.3, -0.25) is 0 Å². The molecule has 1 aliphatic heterocycles. The Morgan fingerprint density at radius 3 is 2.78 bits per heavy atom. The second kappa shape index (κ2) is 2.64. The summed E-state index contributed by atoms with van der Waals surface area (Å²) < 4.78 is 5.18. The standard InChI is InChI=1S/C6H13NO2/c1-4-2-6(8)5(7)3-9-4/h4-6,8H,2-3,7H2,1H3/t4?,5?,6-/m1/s1. The van der Waals surface area contributed by atoms with Crippen molar-refractivity contribution in [3.8, 4) is 0 Å². The van der Waals surface area contributed by atoms with Gasteiger partial charge in [0.05, 0.1) is 24.9 Å². The van der Waals surface area contributed by atoms with E-state index in [4.69, 9.17) is 15.6 Å². The van der Waals surface area contributed by atoms with Crippen molar-refractivity contribution in [2.24, 2.45) is 5.73 Å². The Bertz CT molecular complexity index is 97.1. The zero-order chi connectivity index (χ0) is 6.85. The molecule has 3 atom stereocenters. The third kappa shape index (κ3) is 1.64. The van der Waals surface area contributed by atoms with Crippen LogP contribution in [-0.2, 0) is 4.74 Å². The molecule has 2 unspecified atom stereocenters. The predicted molar refractivity (Wildman–Crippen MR) is 34.0 cm³/mol. The summed E-state index contributed by atoms with van der Waals surface area (Å²) in [5.41, 5.74) is 5.47. The third-order valence-electron chi connectivity index (χ3n) is 1.64. The Balaban J connectivity index is 2.35. The Morgan fingerprint density at radius 1 is 1.67 bits per heavy atom. The van der Waals surface area contributed by atoms with E-state index in [1.807, 2.05) is 6.92 Å². The molecular weight excluding hydrogens is 118 g/mol. The van der Waals surface area contributed by atoms with Crippen LogP contribution in [0.3, 0.4) is 0 Å². The van der Waals surface area contributed by atoms with Gasteiger partial charge in [-0.2, -0.15) is 0 Å². The molecule has 1 rings (SSSR count). The van der Waals surface area contributed by atoms with Crippen LogP contribution in [0.5, 0.6) is 0 Å². The van der Waals surface area contributed by atoms with Crippen LogP contribution in [-0.4, -0.2) is 30.0 Å². The number of ether oxygens (including phenoxy) is 1. The van der Waals surface area contributed by atoms with Gasteiger partial charge in [0.15, 0.2) is 0 Å². The number of aliphatic hydroxyl groups is 1. The molecule has 0 aromatic carbocycles. The number of rotatable bonds is 0. The highest BCUT2D eigenvalue weighted by molar-refractivity contribution is 4.78. The van der Waals surface area contributed by atoms with Gasteiger partial charge in [0.1, 0.15) is 0 Å². The molecule has 3 nitrogen and oxygen atoms in total. The van der Waals surface area contributed by atoms with Gasteiger partial charge in [-0.1, -0.05) is 0 Å². The van der Waals surface area contributed by atoms with E-state index >= 15 is 0 Å². The lowest BCUT2D eigenvalue weighted by atomic mass is 10.0. The van der Waals surface area contributed by atoms with Gasteiger partial charge in [-0.25, -0.2) is 0 Å². The predicted octanol–water partition coefficient (Wildman–Crippen LogP) is -0.517. The Hall–Kier alpha value is -0.120. The topological polar surface area (TPSA) is 55.5 Å². The van der Waals surface area contributed by atoms with Crippen molar-refractivity contribution >= 4 is 0 Å². The monoisotopic (exact) mass is 131 g/mol. The highest BCUT2D eigenvalue weighted by Crippen LogP contribution is 2.11. The lowest BCUT2D eigenvalue weighted by molar-refractivity contribution is -0.0480. The molecule has 0 radical (unpaired) electrons. The van der Waals surface area contributed by atoms with Crippen LogP contribution in [0.4, 0.5) is 0 Å². The summed E-state index contributed by atoms with van der Waals surface area (Å²) in [5.74, 6) is 0. The Labute approximate surface area is 54.8 Å². The molecule has 0 aliphatic carbocycles. The average Bonchev–Trinajstić information content (AvgIpc) is 1.80. The molecule has 9 heavy (non-hydrogen) atoms. The largest absolute Gasteiger partial charge is 0.391 e. The minimum atomic E-state index is -0.367. The van der Waals surface area contributed by atoms with E-state index in [-0.39, 0.29) is 18.2 Å². The first-order valence-electron chi connectivity index (χ1n) is 3.25. The minimum absolute atomic E-state index is 0.166. The minimum Gasteiger partial charge on any atom is -0.391 e. The molecular formula is C6H13NO2. The molecule has 1 heterocycles. The summed E-state index contributed by atoms with van der Waals surface area (Å²) in [7, 11) is 0. The molecule has 0 aromatic heterocycles. The van der Waals surface area contributed by atoms with Crippen molar-refractivity contribution < 1.29 is 9.84 Å². The molecule has 0 bridgehead atoms. The van der Waals surface area contributed by atoms with Crippen LogP contribution in [0.2, 0.25) is 0 Å². The average molecular weight is 131 g/mol. The van der Waals surface area contributed by atoms with Gasteiger partial charge < -0.3 is 15.6 Å². The van der Waals surface area contributed by atoms with Gasteiger partial charge in [-0.05, 0) is 6.92 Å². The molecule has 0 spiro atoms. The molecule has 54 valence electrons. The molecule has 0 saturated carbocycles. The molecule has 3 N–H and O–H groups in total. The van der Waals surface area contributed by atoms with Crippen molar-refractivity contribution in [3.05, 3.63) is 0 Å². The zero-order valence-electron chi connectivity index (χ0n) is 5.58. The van der Waals surface area contributed by atoms with E-state index in [1.165, 1.54) is 0 Å². The number of hydrogen-bond donors (Lipinski definition) is 2. The van der Waals surface area contributed by atoms with Gasteiger partial charge in [-0.15, -0.1) is 0 Å². The van der Waals surface area contributed by atoms with Crippen molar-refractivity contribution in [1.29, 1.82) is 0 Å². The summed E-state index contributed by atoms with van der Waals surface area (Å²) in [4.78, 5) is 0. The summed E-state index contributed by atoms with van der Waals surface area (Å²) in [6.07, 6.45) is 0.467. The maximum Gasteiger partial charge on any atom is 0.0738 e. The van der Waals surface area contributed by atoms with Crippen LogP contribution in [0.1, 0.15) is 13.3 Å². The smallest absolute Gasteiger partial charge is 0.0738 e. The van der Waals surface area contributed by atoms with Crippen molar-refractivity contribution in [3.63, 3.8) is 0 Å². The first-order valence-corrected chi connectivity index (χ1v) is 3.25. The first-order chi connectivity index (χ1) is 4.20. The summed E-state index contributed by atoms with van der Waals surface area (Å²) in [6, 6.07) is -0.179. The third-order valence-corrected chi connectivity index (χ3v) is 1.64. The van der Waals surface area contributed by atoms with Gasteiger partial charge in [0.25, 0.3) is 0 Å². The van der Waals surface area contributed by atoms with Gasteiger partial charge in [0.2, 0.25) is 0 Å². The van der Waals surface area contributed by atoms with Crippen molar-refractivity contribution in [1.82, 2.24) is 0 Å². The fourth-order valence-corrected chi connectivity index (χ4v) is 0.969. The summed E-state index contributed by atoms with van der Waals surface area (Å²) in [5, 5.41) is 9.14. The lowest BCUT2D eigenvalue weighted by Crippen LogP contribution is -2.45. The molecule has 0 aromatic rings. The van der Waals surface area contributed by atoms with Crippen LogP contribution in [0.25, 0.3) is 0 Å². The summed E-state index contributed by atoms with van der Waals surface area (Å²) >= 11 is 0. The van der Waals surface area contributed by atoms with E-state index in [0.29, 0.717) is 13.0 Å². The van der Waals surface area contributed by atoms with Gasteiger partial charge >= 0.3 is 0 Å². The zero-order valence-corrected chi connectivity index (χ0v) is 5.58. The first kappa shape index (κ1) is 6.99. The van der Waals surface area contributed by atoms with E-state index in [1.54, 1.807) is 0 Å². The fraction of sp³-hybridized carbons (Fsp3) is 1.00. The SMILES string of the molecule is CC1C[C@@H](O)C(N)CO1. The van der Waals surface area contributed by atoms with Crippen molar-refractivity contribution in [2.75, 3.05) is 6.61 Å². The van der Waals surface area contributed by atoms with E-state index < -0.39 is 0 Å². The number of aliphatic hydroxyl groups excluding tert-OH is 1. The van der Waals surface area contributed by atoms with Crippen molar-refractivity contribution in [2.45, 2.75) is 31.6 Å². The number of hydrogen-bond acceptors (Lipinski definition) is 3. The summed E-state index contributed by atoms with van der Waals surface area (Å²) in [6.45, 7) is 2.43. The van der Waals surface area contributed by atoms with E-state index in [2.05, 4.69) is 0 Å². The maximum absolute atomic E-state index is 9.14. The Morgan fingerprint density at radius 2 is 2.33 bits per heavy atom. The molecule has 1 fully saturated rings.